The van der Waals surface area contributed by atoms with E-state index in [0.29, 0.717) is 13.0 Å². The minimum absolute atomic E-state index is 0.159. The van der Waals surface area contributed by atoms with Gasteiger partial charge < -0.3 is 11.1 Å². The monoisotopic (exact) mass is 354 g/mol. The summed E-state index contributed by atoms with van der Waals surface area (Å²) in [5.74, 6) is 0.159. The van der Waals surface area contributed by atoms with Gasteiger partial charge in [0.1, 0.15) is 0 Å². The van der Waals surface area contributed by atoms with Crippen molar-refractivity contribution in [2.24, 2.45) is 5.73 Å². The minimum atomic E-state index is 0.159. The van der Waals surface area contributed by atoms with Gasteiger partial charge in [-0.2, -0.15) is 0 Å². The molecule has 25 heavy (non-hydrogen) atoms. The van der Waals surface area contributed by atoms with Gasteiger partial charge in [-0.15, -0.1) is 0 Å². The fourth-order valence-corrected chi connectivity index (χ4v) is 3.25. The summed E-state index contributed by atoms with van der Waals surface area (Å²) < 4.78 is 0. The molecule has 150 valence electrons. The molecule has 0 spiro atoms. The van der Waals surface area contributed by atoms with E-state index in [1.165, 1.54) is 96.3 Å². The molecule has 0 saturated heterocycles. The normalized spacial score (nSPS) is 11.0. The topological polar surface area (TPSA) is 55.1 Å². The Bertz CT molecular complexity index is 269. The second-order valence-corrected chi connectivity index (χ2v) is 7.55. The van der Waals surface area contributed by atoms with Gasteiger partial charge in [-0.1, -0.05) is 103 Å². The van der Waals surface area contributed by atoms with E-state index < -0.39 is 0 Å². The zero-order valence-corrected chi connectivity index (χ0v) is 17.1. The summed E-state index contributed by atoms with van der Waals surface area (Å²) in [5, 5.41) is 2.97. The third-order valence-electron chi connectivity index (χ3n) is 4.96. The van der Waals surface area contributed by atoms with Crippen molar-refractivity contribution in [2.45, 2.75) is 122 Å². The maximum absolute atomic E-state index is 11.4. The first-order valence-electron chi connectivity index (χ1n) is 11.3. The van der Waals surface area contributed by atoms with Gasteiger partial charge >= 0.3 is 0 Å². The maximum Gasteiger partial charge on any atom is 0.220 e. The Morgan fingerprint density at radius 3 is 1.44 bits per heavy atom. The predicted octanol–water partition coefficient (Wildman–Crippen LogP) is 6.10. The van der Waals surface area contributed by atoms with E-state index in [9.17, 15) is 4.79 Å². The van der Waals surface area contributed by atoms with E-state index in [4.69, 9.17) is 5.73 Å². The van der Waals surface area contributed by atoms with Gasteiger partial charge in [0.2, 0.25) is 5.91 Å². The summed E-state index contributed by atoms with van der Waals surface area (Å²) in [4.78, 5) is 11.4. The zero-order valence-electron chi connectivity index (χ0n) is 17.1. The van der Waals surface area contributed by atoms with Crippen molar-refractivity contribution in [3.05, 3.63) is 0 Å². The summed E-state index contributed by atoms with van der Waals surface area (Å²) in [5.41, 5.74) is 5.39. The number of nitrogens with one attached hydrogen (secondary N) is 1. The third-order valence-corrected chi connectivity index (χ3v) is 4.96. The molecular formula is C22H46N2O. The molecule has 0 unspecified atom stereocenters. The van der Waals surface area contributed by atoms with Crippen molar-refractivity contribution in [1.82, 2.24) is 5.32 Å². The lowest BCUT2D eigenvalue weighted by atomic mass is 10.0. The second-order valence-electron chi connectivity index (χ2n) is 7.55. The Labute approximate surface area is 157 Å². The van der Waals surface area contributed by atoms with Gasteiger partial charge in [0.15, 0.2) is 0 Å². The van der Waals surface area contributed by atoms with Crippen LogP contribution in [0.25, 0.3) is 0 Å². The molecule has 3 nitrogen and oxygen atoms in total. The maximum atomic E-state index is 11.4. The summed E-state index contributed by atoms with van der Waals surface area (Å²) in [6, 6.07) is 0. The van der Waals surface area contributed by atoms with Crippen molar-refractivity contribution in [3.8, 4) is 0 Å². The van der Waals surface area contributed by atoms with Gasteiger partial charge in [0.05, 0.1) is 0 Å². The van der Waals surface area contributed by atoms with Crippen molar-refractivity contribution < 1.29 is 4.79 Å². The average Bonchev–Trinajstić information content (AvgIpc) is 2.62. The number of carbonyl (C=O) groups is 1. The van der Waals surface area contributed by atoms with E-state index in [2.05, 4.69) is 12.2 Å². The lowest BCUT2D eigenvalue weighted by Gasteiger charge is -2.05. The van der Waals surface area contributed by atoms with Crippen LogP contribution in [0.4, 0.5) is 0 Å². The molecule has 1 amide bonds. The summed E-state index contributed by atoms with van der Waals surface area (Å²) in [6.07, 6.45) is 23.5. The number of unbranched alkanes of at least 4 members (excludes halogenated alkanes) is 15. The molecule has 0 atom stereocenters. The molecule has 0 fully saturated rings. The molecule has 0 heterocycles. The van der Waals surface area contributed by atoms with Crippen LogP contribution >= 0.6 is 0 Å². The Hall–Kier alpha value is -0.570. The Balaban J connectivity index is 3.04. The van der Waals surface area contributed by atoms with Crippen molar-refractivity contribution in [1.29, 1.82) is 0 Å². The molecule has 0 bridgehead atoms. The highest BCUT2D eigenvalue weighted by Gasteiger charge is 1.99. The summed E-state index contributed by atoms with van der Waals surface area (Å²) in [6.45, 7) is 3.72. The first-order valence-corrected chi connectivity index (χ1v) is 11.3. The van der Waals surface area contributed by atoms with Crippen LogP contribution in [0.2, 0.25) is 0 Å². The first kappa shape index (κ1) is 24.4. The van der Waals surface area contributed by atoms with Gasteiger partial charge in [-0.25, -0.2) is 0 Å². The Kier molecular flexibility index (Phi) is 21.0. The van der Waals surface area contributed by atoms with E-state index >= 15 is 0 Å². The quantitative estimate of drug-likeness (QED) is 0.259. The van der Waals surface area contributed by atoms with Crippen LogP contribution in [0, 0.1) is 0 Å². The number of rotatable bonds is 20. The lowest BCUT2D eigenvalue weighted by molar-refractivity contribution is -0.121. The van der Waals surface area contributed by atoms with E-state index in [1.807, 2.05) is 0 Å². The van der Waals surface area contributed by atoms with Crippen molar-refractivity contribution in [3.63, 3.8) is 0 Å². The molecule has 0 rings (SSSR count). The number of hydrogen-bond acceptors (Lipinski definition) is 2. The Morgan fingerprint density at radius 2 is 1.04 bits per heavy atom. The summed E-state index contributed by atoms with van der Waals surface area (Å²) >= 11 is 0. The van der Waals surface area contributed by atoms with Gasteiger partial charge in [-0.05, 0) is 19.4 Å². The van der Waals surface area contributed by atoms with E-state index in [-0.39, 0.29) is 5.91 Å². The molecule has 0 aromatic rings. The molecule has 0 saturated carbocycles. The smallest absolute Gasteiger partial charge is 0.220 e. The lowest BCUT2D eigenvalue weighted by Crippen LogP contribution is -2.24. The number of amides is 1. The van der Waals surface area contributed by atoms with Crippen LogP contribution in [0.5, 0.6) is 0 Å². The molecule has 0 aromatic carbocycles. The third kappa shape index (κ3) is 21.4. The SMILES string of the molecule is CCCCCCCCCCCCCCCCCCNC(=O)CCCN. The van der Waals surface area contributed by atoms with Crippen LogP contribution < -0.4 is 11.1 Å². The van der Waals surface area contributed by atoms with Crippen molar-refractivity contribution in [2.75, 3.05) is 13.1 Å². The van der Waals surface area contributed by atoms with Crippen molar-refractivity contribution >= 4 is 5.91 Å². The van der Waals surface area contributed by atoms with Gasteiger partial charge in [-0.3, -0.25) is 4.79 Å². The number of nitrogens with two attached hydrogens (primary N) is 1. The molecule has 3 heteroatoms. The zero-order chi connectivity index (χ0) is 18.4. The standard InChI is InChI=1S/C22H46N2O/c1-2-3-4-5-6-7-8-9-10-11-12-13-14-15-16-17-21-24-22(25)19-18-20-23/h2-21,23H2,1H3,(H,24,25). The van der Waals surface area contributed by atoms with Crippen LogP contribution in [0.1, 0.15) is 122 Å². The van der Waals surface area contributed by atoms with Crippen LogP contribution in [-0.2, 0) is 4.79 Å². The molecule has 0 radical (unpaired) electrons. The highest BCUT2D eigenvalue weighted by Crippen LogP contribution is 2.13. The van der Waals surface area contributed by atoms with Gasteiger partial charge in [0, 0.05) is 13.0 Å². The molecule has 3 N–H and O–H groups in total. The highest BCUT2D eigenvalue weighted by molar-refractivity contribution is 5.75. The molecule has 0 aliphatic heterocycles. The van der Waals surface area contributed by atoms with Crippen LogP contribution in [-0.4, -0.2) is 19.0 Å². The van der Waals surface area contributed by atoms with Crippen LogP contribution in [0.3, 0.4) is 0 Å². The van der Waals surface area contributed by atoms with E-state index in [1.54, 1.807) is 0 Å². The average molecular weight is 355 g/mol. The summed E-state index contributed by atoms with van der Waals surface area (Å²) in [7, 11) is 0. The molecular weight excluding hydrogens is 308 g/mol. The molecule has 0 aliphatic carbocycles. The van der Waals surface area contributed by atoms with Gasteiger partial charge in [0.25, 0.3) is 0 Å². The van der Waals surface area contributed by atoms with Crippen LogP contribution in [0.15, 0.2) is 0 Å². The first-order chi connectivity index (χ1) is 12.3. The number of carbonyl (C=O) groups excluding carboxylic acids is 1. The minimum Gasteiger partial charge on any atom is -0.356 e. The molecule has 0 aliphatic rings. The highest BCUT2D eigenvalue weighted by atomic mass is 16.1. The fourth-order valence-electron chi connectivity index (χ4n) is 3.25. The number of hydrogen-bond donors (Lipinski definition) is 2. The largest absolute Gasteiger partial charge is 0.356 e. The predicted molar refractivity (Wildman–Crippen MR) is 111 cm³/mol. The fraction of sp³-hybridized carbons (Fsp3) is 0.955. The molecule has 0 aromatic heterocycles. The van der Waals surface area contributed by atoms with E-state index in [0.717, 1.165) is 19.4 Å². The second kappa shape index (κ2) is 21.5. The Morgan fingerprint density at radius 1 is 0.640 bits per heavy atom.